The number of nitrogens with zero attached hydrogens (tertiary/aromatic N) is 1. The Morgan fingerprint density at radius 1 is 1.45 bits per heavy atom. The molecule has 1 N–H and O–H groups in total. The lowest BCUT2D eigenvalue weighted by Gasteiger charge is -2.31. The first-order chi connectivity index (χ1) is 9.07. The second-order valence-corrected chi connectivity index (χ2v) is 8.34. The molecule has 1 unspecified atom stereocenters. The van der Waals surface area contributed by atoms with Gasteiger partial charge in [-0.3, -0.25) is 0 Å². The van der Waals surface area contributed by atoms with E-state index in [9.17, 15) is 8.42 Å². The van der Waals surface area contributed by atoms with Crippen LogP contribution in [0.1, 0.15) is 24.6 Å². The highest BCUT2D eigenvalue weighted by atomic mass is 35.5. The molecule has 0 radical (unpaired) electrons. The highest BCUT2D eigenvalue weighted by Crippen LogP contribution is 2.28. The maximum atomic E-state index is 12.6. The third-order valence-electron chi connectivity index (χ3n) is 3.55. The number of hydrogen-bond acceptors (Lipinski definition) is 4. The summed E-state index contributed by atoms with van der Waals surface area (Å²) in [7, 11) is -1.36. The average molecular weight is 339 g/mol. The van der Waals surface area contributed by atoms with Crippen molar-refractivity contribution in [2.75, 3.05) is 26.7 Å². The molecule has 1 saturated heterocycles. The summed E-state index contributed by atoms with van der Waals surface area (Å²) in [5, 5.41) is 3.14. The third kappa shape index (κ3) is 3.95. The van der Waals surface area contributed by atoms with Crippen molar-refractivity contribution in [2.24, 2.45) is 5.92 Å². The van der Waals surface area contributed by atoms with Gasteiger partial charge in [-0.1, -0.05) is 6.92 Å². The molecule has 1 atom stereocenters. The Morgan fingerprint density at radius 3 is 2.80 bits per heavy atom. The maximum Gasteiger partial charge on any atom is 0.252 e. The molecule has 20 heavy (non-hydrogen) atoms. The molecule has 2 rings (SSSR count). The fourth-order valence-corrected chi connectivity index (χ4v) is 5.52. The standard InChI is InChI=1S/C13H22N2O2S2.ClH/c1-3-12-6-7-13(18-12)19(16,17)15-8-4-5-11(10-15)9-14-2;/h6-7,11,14H,3-5,8-10H2,1-2H3;1H. The van der Waals surface area contributed by atoms with Gasteiger partial charge in [0.05, 0.1) is 0 Å². The second-order valence-electron chi connectivity index (χ2n) is 5.00. The van der Waals surface area contributed by atoms with E-state index in [2.05, 4.69) is 5.32 Å². The van der Waals surface area contributed by atoms with Crippen molar-refractivity contribution < 1.29 is 8.42 Å². The molecule has 0 spiro atoms. The van der Waals surface area contributed by atoms with E-state index in [0.717, 1.165) is 30.7 Å². The van der Waals surface area contributed by atoms with Crippen LogP contribution in [0.2, 0.25) is 0 Å². The first kappa shape index (κ1) is 17.9. The lowest BCUT2D eigenvalue weighted by Crippen LogP contribution is -2.42. The van der Waals surface area contributed by atoms with Crippen LogP contribution in [-0.2, 0) is 16.4 Å². The highest BCUT2D eigenvalue weighted by Gasteiger charge is 2.30. The van der Waals surface area contributed by atoms with E-state index < -0.39 is 10.0 Å². The molecule has 0 aliphatic carbocycles. The zero-order valence-electron chi connectivity index (χ0n) is 12.0. The average Bonchev–Trinajstić information content (AvgIpc) is 2.89. The molecule has 4 nitrogen and oxygen atoms in total. The smallest absolute Gasteiger partial charge is 0.252 e. The van der Waals surface area contributed by atoms with Gasteiger partial charge in [-0.15, -0.1) is 23.7 Å². The number of piperidine rings is 1. The largest absolute Gasteiger partial charge is 0.319 e. The van der Waals surface area contributed by atoms with E-state index >= 15 is 0 Å². The lowest BCUT2D eigenvalue weighted by atomic mass is 10.00. The number of rotatable bonds is 5. The Morgan fingerprint density at radius 2 is 2.20 bits per heavy atom. The van der Waals surface area contributed by atoms with Crippen molar-refractivity contribution in [2.45, 2.75) is 30.4 Å². The summed E-state index contributed by atoms with van der Waals surface area (Å²) in [6, 6.07) is 3.67. The molecule has 0 bridgehead atoms. The van der Waals surface area contributed by atoms with Crippen molar-refractivity contribution in [1.29, 1.82) is 0 Å². The molecule has 1 aliphatic heterocycles. The molecule has 0 aromatic carbocycles. The van der Waals surface area contributed by atoms with Gasteiger partial charge in [-0.25, -0.2) is 8.42 Å². The Bertz CT molecular complexity index is 514. The van der Waals surface area contributed by atoms with Crippen LogP contribution in [-0.4, -0.2) is 39.4 Å². The van der Waals surface area contributed by atoms with Gasteiger partial charge in [0.2, 0.25) is 0 Å². The predicted molar refractivity (Wildman–Crippen MR) is 86.4 cm³/mol. The highest BCUT2D eigenvalue weighted by molar-refractivity contribution is 7.91. The molecule has 2 heterocycles. The summed E-state index contributed by atoms with van der Waals surface area (Å²) < 4.78 is 27.3. The molecular formula is C13H23ClN2O2S2. The predicted octanol–water partition coefficient (Wildman–Crippen LogP) is 2.35. The molecular weight excluding hydrogens is 316 g/mol. The Balaban J connectivity index is 0.00000200. The number of thiophene rings is 1. The Labute approximate surface area is 132 Å². The molecule has 1 aliphatic rings. The summed E-state index contributed by atoms with van der Waals surface area (Å²) in [5.41, 5.74) is 0. The van der Waals surface area contributed by atoms with Crippen molar-refractivity contribution in [1.82, 2.24) is 9.62 Å². The van der Waals surface area contributed by atoms with Crippen LogP contribution in [0.25, 0.3) is 0 Å². The van der Waals surface area contributed by atoms with Crippen molar-refractivity contribution >= 4 is 33.8 Å². The first-order valence-corrected chi connectivity index (χ1v) is 9.07. The van der Waals surface area contributed by atoms with Crippen molar-refractivity contribution in [3.63, 3.8) is 0 Å². The van der Waals surface area contributed by atoms with E-state index in [0.29, 0.717) is 23.2 Å². The minimum absolute atomic E-state index is 0. The van der Waals surface area contributed by atoms with E-state index in [1.165, 1.54) is 11.3 Å². The molecule has 116 valence electrons. The van der Waals surface area contributed by atoms with Crippen LogP contribution in [0.3, 0.4) is 0 Å². The fourth-order valence-electron chi connectivity index (χ4n) is 2.51. The second kappa shape index (κ2) is 7.75. The monoisotopic (exact) mass is 338 g/mol. The SMILES string of the molecule is CCc1ccc(S(=O)(=O)N2CCCC(CNC)C2)s1.Cl. The number of nitrogens with one attached hydrogen (secondary N) is 1. The van der Waals surface area contributed by atoms with Crippen LogP contribution in [0.15, 0.2) is 16.3 Å². The normalized spacial score (nSPS) is 20.6. The number of aryl methyl sites for hydroxylation is 1. The van der Waals surface area contributed by atoms with Crippen LogP contribution < -0.4 is 5.32 Å². The molecule has 1 fully saturated rings. The number of sulfonamides is 1. The minimum atomic E-state index is -3.28. The van der Waals surface area contributed by atoms with Crippen LogP contribution >= 0.6 is 23.7 Å². The zero-order valence-corrected chi connectivity index (χ0v) is 14.4. The van der Waals surface area contributed by atoms with E-state index in [1.807, 2.05) is 20.0 Å². The van der Waals surface area contributed by atoms with Gasteiger partial charge in [-0.05, 0) is 50.9 Å². The minimum Gasteiger partial charge on any atom is -0.319 e. The van der Waals surface area contributed by atoms with E-state index in [4.69, 9.17) is 0 Å². The number of halogens is 1. The molecule has 0 saturated carbocycles. The summed E-state index contributed by atoms with van der Waals surface area (Å²) in [6.45, 7) is 4.23. The Hall–Kier alpha value is -0.140. The zero-order chi connectivity index (χ0) is 13.9. The van der Waals surface area contributed by atoms with Crippen LogP contribution in [0.4, 0.5) is 0 Å². The third-order valence-corrected chi connectivity index (χ3v) is 7.12. The topological polar surface area (TPSA) is 49.4 Å². The summed E-state index contributed by atoms with van der Waals surface area (Å²) in [5.74, 6) is 0.430. The van der Waals surface area contributed by atoms with Crippen LogP contribution in [0.5, 0.6) is 0 Å². The van der Waals surface area contributed by atoms with Gasteiger partial charge in [0, 0.05) is 18.0 Å². The van der Waals surface area contributed by atoms with Crippen molar-refractivity contribution in [3.8, 4) is 0 Å². The summed E-state index contributed by atoms with van der Waals surface area (Å²) >= 11 is 1.40. The number of hydrogen-bond donors (Lipinski definition) is 1. The molecule has 1 aromatic heterocycles. The summed E-state index contributed by atoms with van der Waals surface area (Å²) in [6.07, 6.45) is 2.96. The van der Waals surface area contributed by atoms with Gasteiger partial charge in [0.15, 0.2) is 0 Å². The van der Waals surface area contributed by atoms with Gasteiger partial charge >= 0.3 is 0 Å². The molecule has 1 aromatic rings. The van der Waals surface area contributed by atoms with Crippen molar-refractivity contribution in [3.05, 3.63) is 17.0 Å². The van der Waals surface area contributed by atoms with Crippen LogP contribution in [0, 0.1) is 5.92 Å². The van der Waals surface area contributed by atoms with Gasteiger partial charge < -0.3 is 5.32 Å². The van der Waals surface area contributed by atoms with Gasteiger partial charge in [0.1, 0.15) is 4.21 Å². The quantitative estimate of drug-likeness (QED) is 0.896. The van der Waals surface area contributed by atoms with E-state index in [1.54, 1.807) is 10.4 Å². The maximum absolute atomic E-state index is 12.6. The summed E-state index contributed by atoms with van der Waals surface area (Å²) in [4.78, 5) is 1.13. The van der Waals surface area contributed by atoms with Gasteiger partial charge in [-0.2, -0.15) is 4.31 Å². The lowest BCUT2D eigenvalue weighted by molar-refractivity contribution is 0.264. The molecule has 0 amide bonds. The molecule has 7 heteroatoms. The van der Waals surface area contributed by atoms with Gasteiger partial charge in [0.25, 0.3) is 10.0 Å². The van der Waals surface area contributed by atoms with E-state index in [-0.39, 0.29) is 12.4 Å². The first-order valence-electron chi connectivity index (χ1n) is 6.81. The Kier molecular flexibility index (Phi) is 6.94. The fraction of sp³-hybridized carbons (Fsp3) is 0.692.